The zero-order chi connectivity index (χ0) is 29.4. The molecule has 8 heteroatoms. The van der Waals surface area contributed by atoms with Crippen molar-refractivity contribution in [3.63, 3.8) is 0 Å². The highest BCUT2D eigenvalue weighted by Crippen LogP contribution is 2.68. The van der Waals surface area contributed by atoms with Crippen molar-refractivity contribution in [2.24, 2.45) is 28.6 Å². The van der Waals surface area contributed by atoms with Gasteiger partial charge in [-0.2, -0.15) is 0 Å². The second-order valence-corrected chi connectivity index (χ2v) is 12.5. The first-order valence-electron chi connectivity index (χ1n) is 14.7. The van der Waals surface area contributed by atoms with Crippen molar-refractivity contribution < 1.29 is 38.5 Å². The Hall–Kier alpha value is -3.26. The van der Waals surface area contributed by atoms with Crippen LogP contribution in [0.5, 0.6) is 5.75 Å². The first kappa shape index (κ1) is 29.2. The van der Waals surface area contributed by atoms with Crippen molar-refractivity contribution in [1.29, 1.82) is 0 Å². The Morgan fingerprint density at radius 2 is 1.80 bits per heavy atom. The average molecular weight is 565 g/mol. The van der Waals surface area contributed by atoms with Gasteiger partial charge in [-0.1, -0.05) is 50.6 Å². The minimum absolute atomic E-state index is 0.01000. The van der Waals surface area contributed by atoms with Crippen LogP contribution >= 0.6 is 0 Å². The molecule has 0 amide bonds. The Balaban J connectivity index is 1.38. The van der Waals surface area contributed by atoms with Crippen molar-refractivity contribution in [3.05, 3.63) is 54.1 Å². The van der Waals surface area contributed by atoms with Gasteiger partial charge in [-0.05, 0) is 74.6 Å². The minimum Gasteiger partial charge on any atom is -0.482 e. The number of benzene rings is 1. The highest BCUT2D eigenvalue weighted by Gasteiger charge is 2.70. The molecule has 4 aliphatic carbocycles. The van der Waals surface area contributed by atoms with E-state index in [4.69, 9.17) is 14.2 Å². The van der Waals surface area contributed by atoms with Crippen molar-refractivity contribution in [2.75, 3.05) is 13.2 Å². The Morgan fingerprint density at radius 3 is 2.54 bits per heavy atom. The maximum atomic E-state index is 14.0. The van der Waals surface area contributed by atoms with Gasteiger partial charge in [0.1, 0.15) is 5.75 Å². The van der Waals surface area contributed by atoms with Crippen LogP contribution < -0.4 is 4.74 Å². The molecule has 4 aliphatic rings. The van der Waals surface area contributed by atoms with E-state index in [1.165, 1.54) is 0 Å². The Kier molecular flexibility index (Phi) is 7.99. The first-order valence-corrected chi connectivity index (χ1v) is 14.7. The fourth-order valence-corrected chi connectivity index (χ4v) is 8.41. The van der Waals surface area contributed by atoms with Gasteiger partial charge >= 0.3 is 11.9 Å². The van der Waals surface area contributed by atoms with Gasteiger partial charge in [0.15, 0.2) is 24.6 Å². The van der Waals surface area contributed by atoms with Crippen molar-refractivity contribution >= 4 is 23.5 Å². The molecule has 1 unspecified atom stereocenters. The molecule has 0 aliphatic heterocycles. The van der Waals surface area contributed by atoms with Crippen LogP contribution in [0.3, 0.4) is 0 Å². The summed E-state index contributed by atoms with van der Waals surface area (Å²) in [5, 5.41) is 11.7. The third-order valence-corrected chi connectivity index (χ3v) is 10.3. The van der Waals surface area contributed by atoms with Crippen LogP contribution in [-0.4, -0.2) is 53.5 Å². The number of allylic oxidation sites excluding steroid dienone is 4. The number of Topliss-reactive ketones (excluding diaryl/α,β-unsaturated/α-hetero) is 1. The number of fused-ring (bicyclic) bond motifs is 5. The molecule has 41 heavy (non-hydrogen) atoms. The lowest BCUT2D eigenvalue weighted by molar-refractivity contribution is -0.201. The van der Waals surface area contributed by atoms with Crippen molar-refractivity contribution in [1.82, 2.24) is 0 Å². The van der Waals surface area contributed by atoms with Gasteiger partial charge in [0.2, 0.25) is 5.78 Å². The van der Waals surface area contributed by atoms with E-state index in [2.05, 4.69) is 6.92 Å². The number of hydrogen-bond acceptors (Lipinski definition) is 8. The third-order valence-electron chi connectivity index (χ3n) is 10.3. The van der Waals surface area contributed by atoms with Gasteiger partial charge < -0.3 is 19.3 Å². The van der Waals surface area contributed by atoms with E-state index in [1.54, 1.807) is 36.4 Å². The number of aliphatic hydroxyl groups is 1. The number of carbonyl (C=O) groups excluding carboxylic acids is 4. The van der Waals surface area contributed by atoms with Crippen LogP contribution in [0.2, 0.25) is 0 Å². The van der Waals surface area contributed by atoms with E-state index in [-0.39, 0.29) is 43.0 Å². The van der Waals surface area contributed by atoms with Gasteiger partial charge in [-0.3, -0.25) is 14.4 Å². The molecule has 0 heterocycles. The number of para-hydroxylation sites is 1. The number of ether oxygens (including phenoxy) is 3. The van der Waals surface area contributed by atoms with Crippen molar-refractivity contribution in [2.45, 2.75) is 77.4 Å². The van der Waals surface area contributed by atoms with Gasteiger partial charge in [-0.25, -0.2) is 4.79 Å². The summed E-state index contributed by atoms with van der Waals surface area (Å²) in [6.45, 7) is 5.02. The third kappa shape index (κ3) is 5.05. The van der Waals surface area contributed by atoms with E-state index >= 15 is 0 Å². The summed E-state index contributed by atoms with van der Waals surface area (Å²) in [5.41, 5.74) is -1.74. The maximum Gasteiger partial charge on any atom is 0.344 e. The Bertz CT molecular complexity index is 1270. The van der Waals surface area contributed by atoms with Crippen molar-refractivity contribution in [3.8, 4) is 5.75 Å². The molecular weight excluding hydrogens is 524 g/mol. The summed E-state index contributed by atoms with van der Waals surface area (Å²) in [5.74, 6) is -1.17. The molecule has 7 atom stereocenters. The minimum atomic E-state index is -1.51. The SMILES string of the molecule is CCCC(=O)O[C@]1(C(=O)COC(=O)COc2ccccc2)CC[C@H]2[C@@H]3CCC4=CC(=O)C=C[C@]4(C)[C@H]3C(O)C[C@@]21C. The molecule has 8 nitrogen and oxygen atoms in total. The molecular formula is C33H40O8. The monoisotopic (exact) mass is 564 g/mol. The molecule has 0 saturated heterocycles. The van der Waals surface area contributed by atoms with E-state index in [9.17, 15) is 24.3 Å². The molecule has 1 N–H and O–H groups in total. The smallest absolute Gasteiger partial charge is 0.344 e. The average Bonchev–Trinajstić information content (AvgIpc) is 3.23. The van der Waals surface area contributed by atoms with Crippen LogP contribution in [0.15, 0.2) is 54.1 Å². The molecule has 3 saturated carbocycles. The maximum absolute atomic E-state index is 14.0. The highest BCUT2D eigenvalue weighted by atomic mass is 16.6. The number of ketones is 2. The molecule has 220 valence electrons. The van der Waals surface area contributed by atoms with Crippen LogP contribution in [0.1, 0.15) is 65.7 Å². The normalized spacial score (nSPS) is 35.4. The molecule has 5 rings (SSSR count). The molecule has 0 spiro atoms. The van der Waals surface area contributed by atoms with Crippen LogP contribution in [0.25, 0.3) is 0 Å². The standard InChI is InChI=1S/C33H40O8/c1-4-8-28(37)41-33(27(36)19-40-29(38)20-39-23-9-6-5-7-10-23)16-14-25-24-12-11-21-17-22(34)13-15-31(21,2)30(24)26(35)18-32(25,33)3/h5-7,9-10,13,15,17,24-26,30,35H,4,8,11-12,14,16,18-20H2,1-3H3/t24-,25-,26?,30+,31-,32-,33-/m0/s1. The fourth-order valence-electron chi connectivity index (χ4n) is 8.41. The summed E-state index contributed by atoms with van der Waals surface area (Å²) in [4.78, 5) is 51.5. The number of carbonyl (C=O) groups is 4. The predicted molar refractivity (Wildman–Crippen MR) is 150 cm³/mol. The van der Waals surface area contributed by atoms with Gasteiger partial charge in [-0.15, -0.1) is 0 Å². The topological polar surface area (TPSA) is 116 Å². The predicted octanol–water partition coefficient (Wildman–Crippen LogP) is 4.54. The Morgan fingerprint density at radius 1 is 1.05 bits per heavy atom. The fraction of sp³-hybridized carbons (Fsp3) is 0.576. The lowest BCUT2D eigenvalue weighted by Crippen LogP contribution is -2.63. The number of hydrogen-bond donors (Lipinski definition) is 1. The molecule has 0 aromatic heterocycles. The lowest BCUT2D eigenvalue weighted by Gasteiger charge is -2.59. The second kappa shape index (κ2) is 11.2. The van der Waals surface area contributed by atoms with E-state index in [0.717, 1.165) is 18.4 Å². The van der Waals surface area contributed by atoms with Crippen LogP contribution in [-0.2, 0) is 28.7 Å². The highest BCUT2D eigenvalue weighted by molar-refractivity contribution is 6.01. The summed E-state index contributed by atoms with van der Waals surface area (Å²) < 4.78 is 16.9. The summed E-state index contributed by atoms with van der Waals surface area (Å²) in [6.07, 6.45) is 7.96. The number of rotatable bonds is 9. The zero-order valence-electron chi connectivity index (χ0n) is 24.1. The quantitative estimate of drug-likeness (QED) is 0.435. The molecule has 1 aromatic carbocycles. The van der Waals surface area contributed by atoms with E-state index in [0.29, 0.717) is 25.0 Å². The van der Waals surface area contributed by atoms with Crippen LogP contribution in [0, 0.1) is 28.6 Å². The molecule has 0 bridgehead atoms. The summed E-state index contributed by atoms with van der Waals surface area (Å²) in [6, 6.07) is 8.83. The zero-order valence-corrected chi connectivity index (χ0v) is 24.1. The largest absolute Gasteiger partial charge is 0.482 e. The second-order valence-electron chi connectivity index (χ2n) is 12.5. The van der Waals surface area contributed by atoms with Gasteiger partial charge in [0.05, 0.1) is 6.10 Å². The van der Waals surface area contributed by atoms with E-state index in [1.807, 2.05) is 26.0 Å². The lowest BCUT2D eigenvalue weighted by atomic mass is 9.46. The number of esters is 2. The summed E-state index contributed by atoms with van der Waals surface area (Å²) in [7, 11) is 0. The van der Waals surface area contributed by atoms with Crippen LogP contribution in [0.4, 0.5) is 0 Å². The Labute approximate surface area is 241 Å². The summed E-state index contributed by atoms with van der Waals surface area (Å²) >= 11 is 0. The molecule has 0 radical (unpaired) electrons. The van der Waals surface area contributed by atoms with Gasteiger partial charge in [0, 0.05) is 23.2 Å². The molecule has 3 fully saturated rings. The van der Waals surface area contributed by atoms with E-state index < -0.39 is 46.9 Å². The number of aliphatic hydroxyl groups excluding tert-OH is 1. The molecule has 1 aromatic rings. The first-order chi connectivity index (χ1) is 19.5. The van der Waals surface area contributed by atoms with Gasteiger partial charge in [0.25, 0.3) is 0 Å².